The number of ketones is 1. The van der Waals surface area contributed by atoms with Crippen molar-refractivity contribution >= 4 is 27.4 Å². The molecule has 1 fully saturated rings. The third kappa shape index (κ3) is 4.01. The molecule has 7 heteroatoms. The van der Waals surface area contributed by atoms with Crippen molar-refractivity contribution in [1.29, 1.82) is 0 Å². The number of carbonyl (C=O) groups is 1. The molecule has 114 valence electrons. The van der Waals surface area contributed by atoms with Gasteiger partial charge in [-0.05, 0) is 25.8 Å². The van der Waals surface area contributed by atoms with Gasteiger partial charge >= 0.3 is 5.69 Å². The predicted molar refractivity (Wildman–Crippen MR) is 79.9 cm³/mol. The van der Waals surface area contributed by atoms with Gasteiger partial charge in [-0.25, -0.2) is 0 Å². The van der Waals surface area contributed by atoms with E-state index >= 15 is 0 Å². The number of hydrogen-bond donors (Lipinski definition) is 0. The first-order chi connectivity index (χ1) is 9.99. The second-order valence-corrected chi connectivity index (χ2v) is 5.80. The van der Waals surface area contributed by atoms with Gasteiger partial charge in [0.15, 0.2) is 5.78 Å². The number of hydrogen-bond acceptors (Lipinski definition) is 5. The minimum absolute atomic E-state index is 0.0358. The largest absolute Gasteiger partial charge is 0.486 e. The van der Waals surface area contributed by atoms with E-state index in [4.69, 9.17) is 9.47 Å². The van der Waals surface area contributed by atoms with Gasteiger partial charge in [-0.3, -0.25) is 14.9 Å². The first kappa shape index (κ1) is 15.9. The fourth-order valence-corrected chi connectivity index (χ4v) is 2.74. The van der Waals surface area contributed by atoms with Crippen molar-refractivity contribution in [2.45, 2.75) is 32.3 Å². The van der Waals surface area contributed by atoms with E-state index in [2.05, 4.69) is 15.9 Å². The summed E-state index contributed by atoms with van der Waals surface area (Å²) in [6.45, 7) is 2.40. The van der Waals surface area contributed by atoms with E-state index < -0.39 is 4.92 Å². The highest BCUT2D eigenvalue weighted by molar-refractivity contribution is 9.10. The van der Waals surface area contributed by atoms with Crippen LogP contribution in [0.3, 0.4) is 0 Å². The third-order valence-electron chi connectivity index (χ3n) is 3.32. The summed E-state index contributed by atoms with van der Waals surface area (Å²) in [5, 5.41) is 11.1. The van der Waals surface area contributed by atoms with Crippen LogP contribution in [0.2, 0.25) is 0 Å². The van der Waals surface area contributed by atoms with Gasteiger partial charge in [0.1, 0.15) is 0 Å². The van der Waals surface area contributed by atoms with Crippen molar-refractivity contribution in [3.05, 3.63) is 32.3 Å². The highest BCUT2D eigenvalue weighted by atomic mass is 79.9. The lowest BCUT2D eigenvalue weighted by Crippen LogP contribution is -2.12. The number of nitro groups is 1. The molecule has 1 heterocycles. The Morgan fingerprint density at radius 1 is 1.57 bits per heavy atom. The van der Waals surface area contributed by atoms with Gasteiger partial charge in [0.05, 0.1) is 23.2 Å². The zero-order chi connectivity index (χ0) is 15.4. The molecule has 0 aliphatic carbocycles. The highest BCUT2D eigenvalue weighted by Crippen LogP contribution is 2.35. The maximum atomic E-state index is 11.7. The Bertz CT molecular complexity index is 519. The first-order valence-corrected chi connectivity index (χ1v) is 7.51. The Kier molecular flexibility index (Phi) is 5.30. The fourth-order valence-electron chi connectivity index (χ4n) is 2.29. The lowest BCUT2D eigenvalue weighted by atomic mass is 10.1. The maximum absolute atomic E-state index is 11.7. The van der Waals surface area contributed by atoms with E-state index in [1.165, 1.54) is 19.1 Å². The summed E-state index contributed by atoms with van der Waals surface area (Å²) >= 11 is 3.17. The molecule has 0 spiro atoms. The number of carbonyl (C=O) groups excluding carboxylic acids is 1. The van der Waals surface area contributed by atoms with Crippen molar-refractivity contribution in [2.24, 2.45) is 0 Å². The highest BCUT2D eigenvalue weighted by Gasteiger charge is 2.24. The van der Waals surface area contributed by atoms with Crippen LogP contribution < -0.4 is 4.74 Å². The Hall–Kier alpha value is -1.47. The molecular weight excluding hydrogens is 342 g/mol. The molecule has 1 aromatic carbocycles. The standard InChI is InChI=1S/C14H16BrNO5/c1-9(17)12-7-10(15)8-13(16(18)19)14(12)21-6-4-11-3-2-5-20-11/h7-8,11H,2-6H2,1H3. The molecule has 1 aliphatic rings. The van der Waals surface area contributed by atoms with Gasteiger partial charge in [0.2, 0.25) is 5.75 Å². The van der Waals surface area contributed by atoms with Gasteiger partial charge < -0.3 is 9.47 Å². The van der Waals surface area contributed by atoms with Gasteiger partial charge in [0.25, 0.3) is 0 Å². The lowest BCUT2D eigenvalue weighted by Gasteiger charge is -2.13. The van der Waals surface area contributed by atoms with Crippen molar-refractivity contribution in [3.63, 3.8) is 0 Å². The topological polar surface area (TPSA) is 78.7 Å². The van der Waals surface area contributed by atoms with E-state index in [1.54, 1.807) is 0 Å². The number of nitrogens with zero attached hydrogens (tertiary/aromatic N) is 1. The SMILES string of the molecule is CC(=O)c1cc(Br)cc([N+](=O)[O-])c1OCCC1CCCO1. The first-order valence-electron chi connectivity index (χ1n) is 6.72. The molecule has 1 aromatic rings. The molecular formula is C14H16BrNO5. The van der Waals surface area contributed by atoms with E-state index in [9.17, 15) is 14.9 Å². The average Bonchev–Trinajstić information content (AvgIpc) is 2.92. The maximum Gasteiger partial charge on any atom is 0.312 e. The van der Waals surface area contributed by atoms with Gasteiger partial charge in [-0.2, -0.15) is 0 Å². The summed E-state index contributed by atoms with van der Waals surface area (Å²) in [6, 6.07) is 2.88. The molecule has 0 saturated carbocycles. The van der Waals surface area contributed by atoms with E-state index in [-0.39, 0.29) is 35.5 Å². The summed E-state index contributed by atoms with van der Waals surface area (Å²) in [5.41, 5.74) is 0.00494. The van der Waals surface area contributed by atoms with Gasteiger partial charge in [0, 0.05) is 23.6 Å². The molecule has 0 bridgehead atoms. The molecule has 1 aliphatic heterocycles. The average molecular weight is 358 g/mol. The molecule has 0 amide bonds. The Balaban J connectivity index is 2.18. The summed E-state index contributed by atoms with van der Waals surface area (Å²) in [4.78, 5) is 22.3. The van der Waals surface area contributed by atoms with Crippen LogP contribution in [0.5, 0.6) is 5.75 Å². The normalized spacial score (nSPS) is 17.7. The molecule has 0 aromatic heterocycles. The van der Waals surface area contributed by atoms with Crippen molar-refractivity contribution in [2.75, 3.05) is 13.2 Å². The summed E-state index contributed by atoms with van der Waals surface area (Å²) in [5.74, 6) is -0.236. The van der Waals surface area contributed by atoms with Crippen LogP contribution in [-0.2, 0) is 4.74 Å². The Morgan fingerprint density at radius 2 is 2.33 bits per heavy atom. The number of benzene rings is 1. The molecule has 0 radical (unpaired) electrons. The smallest absolute Gasteiger partial charge is 0.312 e. The van der Waals surface area contributed by atoms with Crippen molar-refractivity contribution in [3.8, 4) is 5.75 Å². The minimum Gasteiger partial charge on any atom is -0.486 e. The molecule has 1 saturated heterocycles. The molecule has 2 rings (SSSR count). The third-order valence-corrected chi connectivity index (χ3v) is 3.78. The van der Waals surface area contributed by atoms with Crippen LogP contribution >= 0.6 is 15.9 Å². The second-order valence-electron chi connectivity index (χ2n) is 4.89. The minimum atomic E-state index is -0.543. The second kappa shape index (κ2) is 7.00. The molecule has 6 nitrogen and oxygen atoms in total. The zero-order valence-electron chi connectivity index (χ0n) is 11.6. The van der Waals surface area contributed by atoms with E-state index in [1.807, 2.05) is 0 Å². The van der Waals surface area contributed by atoms with Gasteiger partial charge in [-0.15, -0.1) is 0 Å². The lowest BCUT2D eigenvalue weighted by molar-refractivity contribution is -0.386. The number of Topliss-reactive ketones (excluding diaryl/α,β-unsaturated/α-hetero) is 1. The zero-order valence-corrected chi connectivity index (χ0v) is 13.2. The van der Waals surface area contributed by atoms with Gasteiger partial charge in [-0.1, -0.05) is 15.9 Å². The Morgan fingerprint density at radius 3 is 2.90 bits per heavy atom. The van der Waals surface area contributed by atoms with Crippen LogP contribution in [-0.4, -0.2) is 30.0 Å². The molecule has 0 N–H and O–H groups in total. The fraction of sp³-hybridized carbons (Fsp3) is 0.500. The van der Waals surface area contributed by atoms with Crippen LogP contribution in [0.25, 0.3) is 0 Å². The van der Waals surface area contributed by atoms with E-state index in [0.29, 0.717) is 10.9 Å². The Labute approximate surface area is 130 Å². The monoisotopic (exact) mass is 357 g/mol. The van der Waals surface area contributed by atoms with Crippen LogP contribution in [0.4, 0.5) is 5.69 Å². The predicted octanol–water partition coefficient (Wildman–Crippen LogP) is 3.51. The van der Waals surface area contributed by atoms with E-state index in [0.717, 1.165) is 19.4 Å². The number of nitro benzene ring substituents is 1. The number of ether oxygens (including phenoxy) is 2. The quantitative estimate of drug-likeness (QED) is 0.442. The number of rotatable bonds is 6. The van der Waals surface area contributed by atoms with Crippen molar-refractivity contribution in [1.82, 2.24) is 0 Å². The molecule has 1 unspecified atom stereocenters. The number of halogens is 1. The molecule has 1 atom stereocenters. The van der Waals surface area contributed by atoms with Crippen LogP contribution in [0.15, 0.2) is 16.6 Å². The molecule has 21 heavy (non-hydrogen) atoms. The van der Waals surface area contributed by atoms with Crippen LogP contribution in [0.1, 0.15) is 36.5 Å². The summed E-state index contributed by atoms with van der Waals surface area (Å²) in [7, 11) is 0. The summed E-state index contributed by atoms with van der Waals surface area (Å²) < 4.78 is 11.5. The summed E-state index contributed by atoms with van der Waals surface area (Å²) in [6.07, 6.45) is 2.80. The van der Waals surface area contributed by atoms with Crippen LogP contribution in [0, 0.1) is 10.1 Å². The van der Waals surface area contributed by atoms with Crippen molar-refractivity contribution < 1.29 is 19.2 Å².